The highest BCUT2D eigenvalue weighted by atomic mass is 35.5. The smallest absolute Gasteiger partial charge is 0.332 e. The highest BCUT2D eigenvalue weighted by Crippen LogP contribution is 2.34. The zero-order valence-corrected chi connectivity index (χ0v) is 15.9. The monoisotopic (exact) mass is 415 g/mol. The molecule has 0 heterocycles. The number of alkyl halides is 3. The molecule has 1 atom stereocenters. The molecule has 3 N–H and O–H groups in total. The van der Waals surface area contributed by atoms with Crippen molar-refractivity contribution < 1.29 is 22.8 Å². The molecule has 0 spiro atoms. The largest absolute Gasteiger partial charge is 0.418 e. The number of hydrogen-bond acceptors (Lipinski definition) is 3. The van der Waals surface area contributed by atoms with E-state index in [0.717, 1.165) is 12.1 Å². The molecule has 0 aliphatic heterocycles. The van der Waals surface area contributed by atoms with Crippen molar-refractivity contribution in [1.29, 1.82) is 0 Å². The number of carbonyl (C=O) groups is 2. The lowest BCUT2D eigenvalue weighted by Gasteiger charge is -2.24. The van der Waals surface area contributed by atoms with Gasteiger partial charge in [-0.15, -0.1) is 12.4 Å². The van der Waals surface area contributed by atoms with E-state index >= 15 is 0 Å². The Balaban J connectivity index is 0.00000392. The van der Waals surface area contributed by atoms with Crippen LogP contribution in [0, 0.1) is 0 Å². The number of amides is 2. The van der Waals surface area contributed by atoms with Crippen LogP contribution in [0.5, 0.6) is 0 Å². The quantitative estimate of drug-likeness (QED) is 0.756. The molecule has 0 bridgehead atoms. The van der Waals surface area contributed by atoms with Gasteiger partial charge in [0.1, 0.15) is 6.04 Å². The molecule has 2 aromatic carbocycles. The van der Waals surface area contributed by atoms with Gasteiger partial charge in [0.2, 0.25) is 11.8 Å². The van der Waals surface area contributed by atoms with Gasteiger partial charge >= 0.3 is 6.18 Å². The molecule has 0 aromatic heterocycles. The first-order valence-corrected chi connectivity index (χ1v) is 8.29. The Morgan fingerprint density at radius 2 is 1.64 bits per heavy atom. The van der Waals surface area contributed by atoms with Crippen molar-refractivity contribution in [2.75, 3.05) is 18.4 Å². The normalized spacial score (nSPS) is 11.9. The molecule has 0 fully saturated rings. The first-order chi connectivity index (χ1) is 12.7. The number of likely N-dealkylation sites (N-methyl/N-ethyl adjacent to an activating group) is 1. The predicted molar refractivity (Wildman–Crippen MR) is 103 cm³/mol. The maximum Gasteiger partial charge on any atom is 0.418 e. The second-order valence-electron chi connectivity index (χ2n) is 5.83. The molecular weight excluding hydrogens is 395 g/mol. The van der Waals surface area contributed by atoms with Crippen molar-refractivity contribution >= 4 is 29.9 Å². The van der Waals surface area contributed by atoms with E-state index in [1.165, 1.54) is 17.0 Å². The number of anilines is 1. The van der Waals surface area contributed by atoms with Crippen molar-refractivity contribution in [2.45, 2.75) is 19.1 Å². The summed E-state index contributed by atoms with van der Waals surface area (Å²) < 4.78 is 39.1. The molecule has 0 saturated heterocycles. The van der Waals surface area contributed by atoms with Crippen LogP contribution in [0.15, 0.2) is 54.6 Å². The fraction of sp³-hybridized carbons (Fsp3) is 0.263. The molecule has 2 aromatic rings. The molecule has 0 saturated carbocycles. The van der Waals surface area contributed by atoms with Crippen LogP contribution in [0.2, 0.25) is 0 Å². The van der Waals surface area contributed by atoms with E-state index in [1.54, 1.807) is 37.3 Å². The number of hydrogen-bond donors (Lipinski definition) is 2. The molecule has 9 heteroatoms. The predicted octanol–water partition coefficient (Wildman–Crippen LogP) is 3.61. The molecular formula is C19H21ClF3N3O2. The van der Waals surface area contributed by atoms with Gasteiger partial charge < -0.3 is 16.0 Å². The standard InChI is InChI=1S/C19H20F3N3O2.ClH/c1-2-25(18(27)17(23)13-8-4-3-5-9-13)12-16(26)24-15-11-7-6-10-14(15)19(20,21)22;/h3-11,17H,2,12,23H2,1H3,(H,24,26);1H. The Bertz CT molecular complexity index is 801. The summed E-state index contributed by atoms with van der Waals surface area (Å²) >= 11 is 0. The second-order valence-corrected chi connectivity index (χ2v) is 5.83. The molecule has 2 amide bonds. The molecule has 0 radical (unpaired) electrons. The number of nitrogens with two attached hydrogens (primary N) is 1. The lowest BCUT2D eigenvalue weighted by atomic mass is 10.1. The van der Waals surface area contributed by atoms with Crippen LogP contribution >= 0.6 is 12.4 Å². The van der Waals surface area contributed by atoms with E-state index in [-0.39, 0.29) is 24.6 Å². The van der Waals surface area contributed by atoms with Crippen LogP contribution in [0.3, 0.4) is 0 Å². The summed E-state index contributed by atoms with van der Waals surface area (Å²) in [5, 5.41) is 2.22. The third kappa shape index (κ3) is 5.97. The summed E-state index contributed by atoms with van der Waals surface area (Å²) in [6.07, 6.45) is -4.60. The number of para-hydroxylation sites is 1. The summed E-state index contributed by atoms with van der Waals surface area (Å²) in [7, 11) is 0. The zero-order valence-electron chi connectivity index (χ0n) is 15.1. The lowest BCUT2D eigenvalue weighted by molar-refractivity contribution is -0.137. The van der Waals surface area contributed by atoms with E-state index in [2.05, 4.69) is 5.32 Å². The van der Waals surface area contributed by atoms with Crippen LogP contribution in [0.25, 0.3) is 0 Å². The summed E-state index contributed by atoms with van der Waals surface area (Å²) in [5.74, 6) is -1.22. The van der Waals surface area contributed by atoms with E-state index in [9.17, 15) is 22.8 Å². The van der Waals surface area contributed by atoms with Gasteiger partial charge in [-0.3, -0.25) is 9.59 Å². The number of nitrogens with one attached hydrogen (secondary N) is 1. The van der Waals surface area contributed by atoms with Gasteiger partial charge in [-0.1, -0.05) is 42.5 Å². The molecule has 0 aliphatic carbocycles. The average molecular weight is 416 g/mol. The Morgan fingerprint density at radius 3 is 2.21 bits per heavy atom. The van der Waals surface area contributed by atoms with Gasteiger partial charge in [-0.2, -0.15) is 13.2 Å². The summed E-state index contributed by atoms with van der Waals surface area (Å²) in [5.41, 5.74) is 5.23. The number of benzene rings is 2. The van der Waals surface area contributed by atoms with Gasteiger partial charge in [-0.25, -0.2) is 0 Å². The Hall–Kier alpha value is -2.58. The Morgan fingerprint density at radius 1 is 1.07 bits per heavy atom. The summed E-state index contributed by atoms with van der Waals surface area (Å²) in [6.45, 7) is 1.45. The first kappa shape index (κ1) is 23.5. The molecule has 152 valence electrons. The highest BCUT2D eigenvalue weighted by Gasteiger charge is 2.33. The number of rotatable bonds is 6. The molecule has 5 nitrogen and oxygen atoms in total. The fourth-order valence-corrected chi connectivity index (χ4v) is 2.55. The van der Waals surface area contributed by atoms with E-state index < -0.39 is 36.1 Å². The first-order valence-electron chi connectivity index (χ1n) is 8.29. The van der Waals surface area contributed by atoms with Crippen molar-refractivity contribution in [1.82, 2.24) is 4.90 Å². The topological polar surface area (TPSA) is 75.4 Å². The minimum Gasteiger partial charge on any atom is -0.332 e. The van der Waals surface area contributed by atoms with Crippen molar-refractivity contribution in [3.05, 3.63) is 65.7 Å². The van der Waals surface area contributed by atoms with Gasteiger partial charge in [0.05, 0.1) is 17.8 Å². The van der Waals surface area contributed by atoms with Crippen LogP contribution < -0.4 is 11.1 Å². The van der Waals surface area contributed by atoms with Crippen LogP contribution in [-0.2, 0) is 15.8 Å². The van der Waals surface area contributed by atoms with Crippen molar-refractivity contribution in [3.63, 3.8) is 0 Å². The highest BCUT2D eigenvalue weighted by molar-refractivity contribution is 5.96. The minimum absolute atomic E-state index is 0. The molecule has 1 unspecified atom stereocenters. The SMILES string of the molecule is CCN(CC(=O)Nc1ccccc1C(F)(F)F)C(=O)C(N)c1ccccc1.Cl. The minimum atomic E-state index is -4.60. The number of carbonyl (C=O) groups excluding carboxylic acids is 2. The second kappa shape index (κ2) is 10.1. The van der Waals surface area contributed by atoms with Crippen LogP contribution in [0.1, 0.15) is 24.1 Å². The van der Waals surface area contributed by atoms with E-state index in [0.29, 0.717) is 5.56 Å². The van der Waals surface area contributed by atoms with Gasteiger partial charge in [-0.05, 0) is 24.6 Å². The maximum atomic E-state index is 13.0. The third-order valence-electron chi connectivity index (χ3n) is 3.96. The number of nitrogens with zero attached hydrogens (tertiary/aromatic N) is 1. The van der Waals surface area contributed by atoms with E-state index in [1.807, 2.05) is 0 Å². The van der Waals surface area contributed by atoms with Crippen LogP contribution in [0.4, 0.5) is 18.9 Å². The molecule has 28 heavy (non-hydrogen) atoms. The average Bonchev–Trinajstić information content (AvgIpc) is 2.65. The van der Waals surface area contributed by atoms with E-state index in [4.69, 9.17) is 5.73 Å². The summed E-state index contributed by atoms with van der Waals surface area (Å²) in [4.78, 5) is 25.9. The Labute approximate surface area is 167 Å². The molecule has 2 rings (SSSR count). The van der Waals surface area contributed by atoms with Crippen molar-refractivity contribution in [2.24, 2.45) is 5.73 Å². The van der Waals surface area contributed by atoms with Crippen LogP contribution in [-0.4, -0.2) is 29.8 Å². The van der Waals surface area contributed by atoms with Gasteiger partial charge in [0.25, 0.3) is 0 Å². The zero-order chi connectivity index (χ0) is 20.0. The Kier molecular flexibility index (Phi) is 8.46. The van der Waals surface area contributed by atoms with Gasteiger partial charge in [0.15, 0.2) is 0 Å². The lowest BCUT2D eigenvalue weighted by Crippen LogP contribution is -2.42. The third-order valence-corrected chi connectivity index (χ3v) is 3.96. The molecule has 0 aliphatic rings. The maximum absolute atomic E-state index is 13.0. The fourth-order valence-electron chi connectivity index (χ4n) is 2.55. The number of halogens is 4. The van der Waals surface area contributed by atoms with Crippen molar-refractivity contribution in [3.8, 4) is 0 Å². The summed E-state index contributed by atoms with van der Waals surface area (Å²) in [6, 6.07) is 12.3. The van der Waals surface area contributed by atoms with Gasteiger partial charge in [0, 0.05) is 6.54 Å².